The van der Waals surface area contributed by atoms with Gasteiger partial charge in [-0.2, -0.15) is 0 Å². The molecule has 0 saturated carbocycles. The molecule has 158 valence electrons. The van der Waals surface area contributed by atoms with Crippen molar-refractivity contribution in [2.75, 3.05) is 32.5 Å². The normalized spacial score (nSPS) is 17.4. The highest BCUT2D eigenvalue weighted by Gasteiger charge is 2.27. The lowest BCUT2D eigenvalue weighted by Gasteiger charge is -2.40. The molecule has 7 heteroatoms. The first-order valence-corrected chi connectivity index (χ1v) is 11.2. The maximum absolute atomic E-state index is 12.9. The van der Waals surface area contributed by atoms with Crippen molar-refractivity contribution in [2.45, 2.75) is 24.7 Å². The Hall–Kier alpha value is -2.51. The molecule has 1 fully saturated rings. The van der Waals surface area contributed by atoms with Crippen LogP contribution in [0.3, 0.4) is 0 Å². The summed E-state index contributed by atoms with van der Waals surface area (Å²) in [5.74, 6) is 1.48. The monoisotopic (exact) mass is 424 g/mol. The van der Waals surface area contributed by atoms with Crippen molar-refractivity contribution in [1.29, 1.82) is 0 Å². The fourth-order valence-corrected chi connectivity index (χ4v) is 4.91. The number of aryl methyl sites for hydroxylation is 1. The van der Waals surface area contributed by atoms with Crippen LogP contribution in [0.25, 0.3) is 11.0 Å². The van der Waals surface area contributed by atoms with E-state index >= 15 is 0 Å². The highest BCUT2D eigenvalue weighted by molar-refractivity contribution is 7.99. The molecule has 1 aliphatic rings. The molecule has 1 atom stereocenters. The number of nitrogens with zero attached hydrogens (tertiary/aromatic N) is 4. The second-order valence-electron chi connectivity index (χ2n) is 7.75. The third-order valence-electron chi connectivity index (χ3n) is 5.64. The number of hydrogen-bond acceptors (Lipinski definition) is 5. The van der Waals surface area contributed by atoms with Crippen molar-refractivity contribution >= 4 is 28.7 Å². The molecule has 0 N–H and O–H groups in total. The van der Waals surface area contributed by atoms with Crippen LogP contribution in [0.15, 0.2) is 53.7 Å². The number of fused-ring (bicyclic) bond motifs is 1. The minimum Gasteiger partial charge on any atom is -0.497 e. The number of carbonyl (C=O) groups is 1. The van der Waals surface area contributed by atoms with Crippen LogP contribution in [0, 0.1) is 0 Å². The zero-order valence-corrected chi connectivity index (χ0v) is 18.6. The minimum absolute atomic E-state index is 0.181. The number of rotatable bonds is 6. The second kappa shape index (κ2) is 9.10. The second-order valence-corrected chi connectivity index (χ2v) is 8.70. The number of carbonyl (C=O) groups excluding carboxylic acids is 1. The van der Waals surface area contributed by atoms with Crippen LogP contribution in [0.4, 0.5) is 0 Å². The van der Waals surface area contributed by atoms with Gasteiger partial charge in [0.25, 0.3) is 0 Å². The van der Waals surface area contributed by atoms with Crippen molar-refractivity contribution in [3.8, 4) is 5.75 Å². The van der Waals surface area contributed by atoms with Gasteiger partial charge < -0.3 is 14.2 Å². The van der Waals surface area contributed by atoms with Crippen LogP contribution in [0.1, 0.15) is 12.5 Å². The Kier molecular flexibility index (Phi) is 6.29. The summed E-state index contributed by atoms with van der Waals surface area (Å²) >= 11 is 1.52. The number of piperazine rings is 1. The van der Waals surface area contributed by atoms with Crippen molar-refractivity contribution < 1.29 is 9.53 Å². The van der Waals surface area contributed by atoms with E-state index in [1.807, 2.05) is 42.3 Å². The van der Waals surface area contributed by atoms with Crippen LogP contribution in [0.2, 0.25) is 0 Å². The van der Waals surface area contributed by atoms with Gasteiger partial charge in [-0.1, -0.05) is 36.0 Å². The molecular weight excluding hydrogens is 396 g/mol. The fraction of sp³-hybridized carbons (Fsp3) is 0.391. The molecule has 0 aliphatic carbocycles. The molecule has 1 aromatic heterocycles. The zero-order chi connectivity index (χ0) is 21.1. The first-order valence-electron chi connectivity index (χ1n) is 10.2. The van der Waals surface area contributed by atoms with Crippen LogP contribution in [0.5, 0.6) is 5.75 Å². The summed E-state index contributed by atoms with van der Waals surface area (Å²) < 4.78 is 7.38. The van der Waals surface area contributed by atoms with E-state index in [2.05, 4.69) is 39.6 Å². The predicted molar refractivity (Wildman–Crippen MR) is 121 cm³/mol. The van der Waals surface area contributed by atoms with Crippen molar-refractivity contribution in [3.63, 3.8) is 0 Å². The van der Waals surface area contributed by atoms with E-state index in [0.29, 0.717) is 5.75 Å². The highest BCUT2D eigenvalue weighted by Crippen LogP contribution is 2.24. The molecule has 2 heterocycles. The zero-order valence-electron chi connectivity index (χ0n) is 17.7. The van der Waals surface area contributed by atoms with E-state index in [9.17, 15) is 4.79 Å². The van der Waals surface area contributed by atoms with Crippen LogP contribution >= 0.6 is 11.8 Å². The standard InChI is InChI=1S/C23H28N4O2S/c1-17-14-26(15-18-7-6-8-19(13-18)29-3)11-12-27(17)22(28)16-30-23-24-20-9-4-5-10-21(20)25(23)2/h4-10,13,17H,11-12,14-16H2,1-3H3. The molecule has 1 aliphatic heterocycles. The van der Waals surface area contributed by atoms with E-state index < -0.39 is 0 Å². The van der Waals surface area contributed by atoms with Crippen molar-refractivity contribution in [1.82, 2.24) is 19.4 Å². The topological polar surface area (TPSA) is 50.6 Å². The highest BCUT2D eigenvalue weighted by atomic mass is 32.2. The van der Waals surface area contributed by atoms with Gasteiger partial charge in [0.2, 0.25) is 5.91 Å². The fourth-order valence-electron chi connectivity index (χ4n) is 4.04. The Morgan fingerprint density at radius 2 is 2.03 bits per heavy atom. The van der Waals surface area contributed by atoms with Gasteiger partial charge in [-0.3, -0.25) is 9.69 Å². The number of ether oxygens (including phenoxy) is 1. The lowest BCUT2D eigenvalue weighted by molar-refractivity contribution is -0.132. The molecule has 0 bridgehead atoms. The molecule has 1 amide bonds. The van der Waals surface area contributed by atoms with Gasteiger partial charge in [0.15, 0.2) is 5.16 Å². The molecular formula is C23H28N4O2S. The maximum atomic E-state index is 12.9. The summed E-state index contributed by atoms with van der Waals surface area (Å²) in [5.41, 5.74) is 3.29. The first-order chi connectivity index (χ1) is 14.5. The van der Waals surface area contributed by atoms with Crippen LogP contribution in [-0.2, 0) is 18.4 Å². The largest absolute Gasteiger partial charge is 0.497 e. The number of benzene rings is 2. The van der Waals surface area contributed by atoms with Gasteiger partial charge in [0.05, 0.1) is 23.9 Å². The first kappa shape index (κ1) is 20.8. The molecule has 1 saturated heterocycles. The number of hydrogen-bond donors (Lipinski definition) is 0. The van der Waals surface area contributed by atoms with Gasteiger partial charge in [0.1, 0.15) is 5.75 Å². The van der Waals surface area contributed by atoms with Gasteiger partial charge in [0, 0.05) is 39.3 Å². The molecule has 3 aromatic rings. The Morgan fingerprint density at radius 1 is 1.20 bits per heavy atom. The summed E-state index contributed by atoms with van der Waals surface area (Å²) in [6.07, 6.45) is 0. The lowest BCUT2D eigenvalue weighted by atomic mass is 10.1. The molecule has 4 rings (SSSR count). The molecule has 6 nitrogen and oxygen atoms in total. The Bertz CT molecular complexity index is 1030. The summed E-state index contributed by atoms with van der Waals surface area (Å²) in [4.78, 5) is 22.0. The summed E-state index contributed by atoms with van der Waals surface area (Å²) in [5, 5.41) is 0.883. The minimum atomic E-state index is 0.181. The Morgan fingerprint density at radius 3 is 2.80 bits per heavy atom. The third-order valence-corrected chi connectivity index (χ3v) is 6.66. The molecule has 30 heavy (non-hydrogen) atoms. The smallest absolute Gasteiger partial charge is 0.233 e. The number of thioether (sulfide) groups is 1. The lowest BCUT2D eigenvalue weighted by Crippen LogP contribution is -2.54. The van der Waals surface area contributed by atoms with E-state index in [-0.39, 0.29) is 11.9 Å². The Balaban J connectivity index is 1.32. The average Bonchev–Trinajstić information content (AvgIpc) is 3.08. The summed E-state index contributed by atoms with van der Waals surface area (Å²) in [7, 11) is 3.69. The molecule has 0 spiro atoms. The maximum Gasteiger partial charge on any atom is 0.233 e. The van der Waals surface area contributed by atoms with E-state index in [0.717, 1.165) is 48.1 Å². The quantitative estimate of drug-likeness (QED) is 0.568. The number of imidazole rings is 1. The van der Waals surface area contributed by atoms with Crippen molar-refractivity contribution in [3.05, 3.63) is 54.1 Å². The average molecular weight is 425 g/mol. The van der Waals surface area contributed by atoms with E-state index in [1.165, 1.54) is 17.3 Å². The van der Waals surface area contributed by atoms with Crippen LogP contribution in [-0.4, -0.2) is 63.8 Å². The number of methoxy groups -OCH3 is 1. The van der Waals surface area contributed by atoms with Gasteiger partial charge in [-0.25, -0.2) is 4.98 Å². The number of aromatic nitrogens is 2. The molecule has 1 unspecified atom stereocenters. The van der Waals surface area contributed by atoms with Gasteiger partial charge in [-0.15, -0.1) is 0 Å². The summed E-state index contributed by atoms with van der Waals surface area (Å²) in [6, 6.07) is 16.4. The summed E-state index contributed by atoms with van der Waals surface area (Å²) in [6.45, 7) is 5.52. The predicted octanol–water partition coefficient (Wildman–Crippen LogP) is 3.41. The van der Waals surface area contributed by atoms with E-state index in [1.54, 1.807) is 7.11 Å². The van der Waals surface area contributed by atoms with Gasteiger partial charge >= 0.3 is 0 Å². The Labute approximate surface area is 181 Å². The SMILES string of the molecule is COc1cccc(CN2CCN(C(=O)CSc3nc4ccccc4n3C)C(C)C2)c1. The third kappa shape index (κ3) is 4.47. The molecule has 0 radical (unpaired) electrons. The number of amides is 1. The van der Waals surface area contributed by atoms with E-state index in [4.69, 9.17) is 4.74 Å². The van der Waals surface area contributed by atoms with Crippen LogP contribution < -0.4 is 4.74 Å². The van der Waals surface area contributed by atoms with Crippen molar-refractivity contribution in [2.24, 2.45) is 7.05 Å². The number of para-hydroxylation sites is 2. The van der Waals surface area contributed by atoms with Gasteiger partial charge in [-0.05, 0) is 36.8 Å². The molecule has 2 aromatic carbocycles.